The Labute approximate surface area is 367 Å². The van der Waals surface area contributed by atoms with Crippen molar-refractivity contribution >= 4 is 5.97 Å². The number of hydrogen-bond donors (Lipinski definition) is 3. The highest BCUT2D eigenvalue weighted by molar-refractivity contribution is 5.69. The number of carbonyl (C=O) groups excluding carboxylic acids is 1. The Balaban J connectivity index is 1.03. The number of esters is 1. The van der Waals surface area contributed by atoms with E-state index in [2.05, 4.69) is 78.8 Å². The van der Waals surface area contributed by atoms with E-state index in [1.807, 2.05) is 0 Å². The molecule has 0 aromatic heterocycles. The Bertz CT molecular complexity index is 1370. The summed E-state index contributed by atoms with van der Waals surface area (Å²) in [6.07, 6.45) is 31.2. The smallest absolute Gasteiger partial charge is 0.305 e. The fraction of sp³-hybridized carbons (Fsp3) is 0.868. The van der Waals surface area contributed by atoms with Gasteiger partial charge in [-0.3, -0.25) is 4.79 Å². The largest absolute Gasteiger partial charge is 0.463 e. The van der Waals surface area contributed by atoms with Crippen LogP contribution in [0.4, 0.5) is 0 Å². The minimum Gasteiger partial charge on any atom is -0.463 e. The van der Waals surface area contributed by atoms with Crippen LogP contribution in [0.25, 0.3) is 0 Å². The van der Waals surface area contributed by atoms with Gasteiger partial charge >= 0.3 is 5.97 Å². The Morgan fingerprint density at radius 3 is 2.27 bits per heavy atom. The fourth-order valence-corrected chi connectivity index (χ4v) is 13.1. The molecule has 60 heavy (non-hydrogen) atoms. The molecule has 5 rings (SSSR count). The Hall–Kier alpha value is -1.51. The predicted molar refractivity (Wildman–Crippen MR) is 244 cm³/mol. The Morgan fingerprint density at radius 2 is 1.55 bits per heavy atom. The molecular formula is C53H90O7. The van der Waals surface area contributed by atoms with E-state index in [0.29, 0.717) is 17.8 Å². The molecular weight excluding hydrogens is 749 g/mol. The molecule has 0 spiro atoms. The normalized spacial score (nSPS) is 36.5. The second-order valence-electron chi connectivity index (χ2n) is 21.1. The number of aliphatic hydroxyl groups is 3. The first-order chi connectivity index (χ1) is 28.8. The van der Waals surface area contributed by atoms with Crippen LogP contribution in [0.2, 0.25) is 0 Å². The van der Waals surface area contributed by atoms with Crippen LogP contribution >= 0.6 is 0 Å². The summed E-state index contributed by atoms with van der Waals surface area (Å²) in [4.78, 5) is 12.6. The van der Waals surface area contributed by atoms with Crippen LogP contribution in [-0.2, 0) is 19.0 Å². The summed E-state index contributed by atoms with van der Waals surface area (Å²) in [6.45, 7) is 17.0. The molecule has 5 aliphatic rings. The lowest BCUT2D eigenvalue weighted by Crippen LogP contribution is -2.60. The highest BCUT2D eigenvalue weighted by atomic mass is 16.7. The molecule has 3 N–H and O–H groups in total. The van der Waals surface area contributed by atoms with Crippen molar-refractivity contribution in [3.8, 4) is 0 Å². The van der Waals surface area contributed by atoms with Crippen LogP contribution in [0, 0.1) is 52.3 Å². The van der Waals surface area contributed by atoms with Gasteiger partial charge in [-0.1, -0.05) is 129 Å². The monoisotopic (exact) mass is 839 g/mol. The number of ether oxygens (including phenoxy) is 3. The van der Waals surface area contributed by atoms with Gasteiger partial charge in [0.25, 0.3) is 0 Å². The molecule has 1 heterocycles. The Morgan fingerprint density at radius 1 is 0.833 bits per heavy atom. The summed E-state index contributed by atoms with van der Waals surface area (Å²) in [5.41, 5.74) is 2.12. The molecule has 4 aliphatic carbocycles. The SMILES string of the molecule is CCCCC/C=C\C/C=C\CCCCCCCC(=O)OC[C@H]1OC(O[C@H]2CC[C@@]3(C)C(=CC[C@H]4[C@@H]5CC[C@H]([C@H](C)CC[C@@H](CC)C(C)C)[C@@]5(C)CC[C@@H]43)C2)[C@H](O)[C@@H](O)[C@@H]1O. The lowest BCUT2D eigenvalue weighted by molar-refractivity contribution is -0.313. The van der Waals surface area contributed by atoms with Crippen molar-refractivity contribution in [2.24, 2.45) is 52.3 Å². The van der Waals surface area contributed by atoms with Crippen LogP contribution < -0.4 is 0 Å². The summed E-state index contributed by atoms with van der Waals surface area (Å²) in [5.74, 6) is 5.20. The van der Waals surface area contributed by atoms with Gasteiger partial charge in [0, 0.05) is 6.42 Å². The maximum Gasteiger partial charge on any atom is 0.305 e. The molecule has 0 radical (unpaired) electrons. The zero-order valence-electron chi connectivity index (χ0n) is 39.3. The number of rotatable bonds is 24. The number of unbranched alkanes of at least 4 members (excludes halogenated alkanes) is 8. The molecule has 1 aliphatic heterocycles. The second-order valence-corrected chi connectivity index (χ2v) is 21.1. The molecule has 0 amide bonds. The first kappa shape index (κ1) is 49.5. The van der Waals surface area contributed by atoms with Crippen LogP contribution in [-0.4, -0.2) is 64.7 Å². The van der Waals surface area contributed by atoms with Gasteiger partial charge in [-0.15, -0.1) is 0 Å². The molecule has 7 heteroatoms. The molecule has 1 saturated heterocycles. The van der Waals surface area contributed by atoms with Gasteiger partial charge in [-0.05, 0) is 149 Å². The minimum absolute atomic E-state index is 0.146. The third kappa shape index (κ3) is 12.6. The summed E-state index contributed by atoms with van der Waals surface area (Å²) >= 11 is 0. The maximum atomic E-state index is 12.6. The number of allylic oxidation sites excluding steroid dienone is 5. The van der Waals surface area contributed by atoms with Gasteiger partial charge in [0.15, 0.2) is 6.29 Å². The molecule has 0 aromatic carbocycles. The second kappa shape index (κ2) is 24.0. The summed E-state index contributed by atoms with van der Waals surface area (Å²) in [7, 11) is 0. The van der Waals surface area contributed by atoms with Crippen molar-refractivity contribution in [1.82, 2.24) is 0 Å². The number of fused-ring (bicyclic) bond motifs is 5. The van der Waals surface area contributed by atoms with Crippen molar-refractivity contribution in [1.29, 1.82) is 0 Å². The number of aliphatic hydroxyl groups excluding tert-OH is 3. The molecule has 344 valence electrons. The van der Waals surface area contributed by atoms with Crippen LogP contribution in [0.15, 0.2) is 36.0 Å². The average molecular weight is 839 g/mol. The predicted octanol–water partition coefficient (Wildman–Crippen LogP) is 12.2. The zero-order valence-corrected chi connectivity index (χ0v) is 39.3. The molecule has 3 saturated carbocycles. The lowest BCUT2D eigenvalue weighted by Gasteiger charge is -2.58. The minimum atomic E-state index is -1.45. The third-order valence-electron chi connectivity index (χ3n) is 17.0. The average Bonchev–Trinajstić information content (AvgIpc) is 3.59. The standard InChI is InChI=1S/C53H90O7/c1-8-10-11-12-13-14-15-16-17-18-19-20-21-22-23-24-47(54)58-36-46-48(55)49(56)50(57)51(60-46)59-41-31-33-52(6)40(35-41)27-28-42-44-30-29-43(53(44,7)34-32-45(42)52)38(5)25-26-39(9-2)37(3)4/h13-14,16-17,27,37-39,41-46,48-51,55-57H,8-12,15,18-26,28-36H2,1-7H3/b14-13-,17-16-/t38-,39-,41+,42+,43-,44+,45+,46-,48-,49+,50-,51?,52+,53-/m1/s1. The van der Waals surface area contributed by atoms with E-state index in [-0.39, 0.29) is 24.1 Å². The van der Waals surface area contributed by atoms with Crippen molar-refractivity contribution in [3.05, 3.63) is 36.0 Å². The van der Waals surface area contributed by atoms with Crippen LogP contribution in [0.3, 0.4) is 0 Å². The number of carbonyl (C=O) groups is 1. The Kier molecular flexibility index (Phi) is 19.8. The van der Waals surface area contributed by atoms with Crippen molar-refractivity contribution in [3.63, 3.8) is 0 Å². The molecule has 1 unspecified atom stereocenters. The van der Waals surface area contributed by atoms with Gasteiger partial charge in [-0.2, -0.15) is 0 Å². The lowest BCUT2D eigenvalue weighted by atomic mass is 9.47. The quantitative estimate of drug-likeness (QED) is 0.0505. The van der Waals surface area contributed by atoms with E-state index in [0.717, 1.165) is 106 Å². The number of hydrogen-bond acceptors (Lipinski definition) is 7. The van der Waals surface area contributed by atoms with Crippen LogP contribution in [0.1, 0.15) is 196 Å². The highest BCUT2D eigenvalue weighted by Crippen LogP contribution is 2.67. The van der Waals surface area contributed by atoms with E-state index in [4.69, 9.17) is 14.2 Å². The van der Waals surface area contributed by atoms with E-state index in [1.54, 1.807) is 0 Å². The van der Waals surface area contributed by atoms with Gasteiger partial charge < -0.3 is 29.5 Å². The van der Waals surface area contributed by atoms with Crippen molar-refractivity contribution < 1.29 is 34.3 Å². The van der Waals surface area contributed by atoms with E-state index < -0.39 is 30.7 Å². The molecule has 0 aromatic rings. The first-order valence-corrected chi connectivity index (χ1v) is 25.3. The molecule has 4 fully saturated rings. The first-order valence-electron chi connectivity index (χ1n) is 25.3. The van der Waals surface area contributed by atoms with Crippen LogP contribution in [0.5, 0.6) is 0 Å². The summed E-state index contributed by atoms with van der Waals surface area (Å²) < 4.78 is 18.0. The van der Waals surface area contributed by atoms with E-state index in [9.17, 15) is 20.1 Å². The molecule has 14 atom stereocenters. The third-order valence-corrected chi connectivity index (χ3v) is 17.0. The van der Waals surface area contributed by atoms with Gasteiger partial charge in [0.2, 0.25) is 0 Å². The van der Waals surface area contributed by atoms with E-state index in [1.165, 1.54) is 76.2 Å². The molecule has 7 nitrogen and oxygen atoms in total. The van der Waals surface area contributed by atoms with Gasteiger partial charge in [0.05, 0.1) is 6.10 Å². The fourth-order valence-electron chi connectivity index (χ4n) is 13.1. The molecule has 0 bridgehead atoms. The topological polar surface area (TPSA) is 105 Å². The highest BCUT2D eigenvalue weighted by Gasteiger charge is 2.59. The maximum absolute atomic E-state index is 12.6. The van der Waals surface area contributed by atoms with Crippen molar-refractivity contribution in [2.45, 2.75) is 233 Å². The zero-order chi connectivity index (χ0) is 43.3. The van der Waals surface area contributed by atoms with Gasteiger partial charge in [0.1, 0.15) is 31.0 Å². The summed E-state index contributed by atoms with van der Waals surface area (Å²) in [5, 5.41) is 32.5. The van der Waals surface area contributed by atoms with Crippen molar-refractivity contribution in [2.75, 3.05) is 6.61 Å². The summed E-state index contributed by atoms with van der Waals surface area (Å²) in [6, 6.07) is 0. The van der Waals surface area contributed by atoms with E-state index >= 15 is 0 Å². The van der Waals surface area contributed by atoms with Gasteiger partial charge in [-0.25, -0.2) is 0 Å².